The van der Waals surface area contributed by atoms with Gasteiger partial charge in [-0.15, -0.1) is 0 Å². The predicted molar refractivity (Wildman–Crippen MR) is 119 cm³/mol. The molecule has 0 spiro atoms. The third kappa shape index (κ3) is 3.91. The van der Waals surface area contributed by atoms with Gasteiger partial charge in [0.1, 0.15) is 17.3 Å². The normalized spacial score (nSPS) is 15.8. The molecule has 0 unspecified atom stereocenters. The van der Waals surface area contributed by atoms with Gasteiger partial charge in [-0.05, 0) is 61.7 Å². The van der Waals surface area contributed by atoms with Gasteiger partial charge < -0.3 is 9.30 Å². The summed E-state index contributed by atoms with van der Waals surface area (Å²) in [6.45, 7) is 2.77. The van der Waals surface area contributed by atoms with Crippen molar-refractivity contribution in [3.8, 4) is 11.6 Å². The van der Waals surface area contributed by atoms with Crippen molar-refractivity contribution in [3.05, 3.63) is 83.3 Å². The zero-order valence-electron chi connectivity index (χ0n) is 17.9. The van der Waals surface area contributed by atoms with Crippen LogP contribution in [0.3, 0.4) is 0 Å². The third-order valence-corrected chi connectivity index (χ3v) is 5.61. The maximum Gasteiger partial charge on any atom is 0.238 e. The largest absolute Gasteiger partial charge is 0.479 e. The topological polar surface area (TPSA) is 70.7 Å². The second-order valence-corrected chi connectivity index (χ2v) is 7.82. The number of rotatable bonds is 5. The summed E-state index contributed by atoms with van der Waals surface area (Å²) in [5.41, 5.74) is 3.55. The van der Waals surface area contributed by atoms with Gasteiger partial charge in [0.2, 0.25) is 5.88 Å². The van der Waals surface area contributed by atoms with Crippen LogP contribution in [0.25, 0.3) is 17.8 Å². The Morgan fingerprint density at radius 3 is 2.69 bits per heavy atom. The number of benzene rings is 1. The zero-order chi connectivity index (χ0) is 22.1. The lowest BCUT2D eigenvalue weighted by atomic mass is 9.91. The highest BCUT2D eigenvalue weighted by Crippen LogP contribution is 2.32. The molecule has 1 aliphatic rings. The number of halogens is 1. The van der Waals surface area contributed by atoms with E-state index in [1.54, 1.807) is 13.4 Å². The third-order valence-electron chi connectivity index (χ3n) is 5.61. The average molecular weight is 430 g/mol. The molecule has 0 amide bonds. The summed E-state index contributed by atoms with van der Waals surface area (Å²) in [4.78, 5) is 13.6. The lowest BCUT2D eigenvalue weighted by Crippen LogP contribution is -2.17. The van der Waals surface area contributed by atoms with Crippen LogP contribution >= 0.6 is 0 Å². The molecule has 0 radical (unpaired) electrons. The summed E-state index contributed by atoms with van der Waals surface area (Å²) in [6.07, 6.45) is 9.38. The second-order valence-electron chi connectivity index (χ2n) is 7.82. The van der Waals surface area contributed by atoms with Crippen LogP contribution in [0.15, 0.2) is 48.9 Å². The van der Waals surface area contributed by atoms with Crippen molar-refractivity contribution >= 4 is 12.2 Å². The molecule has 0 saturated carbocycles. The first-order valence-electron chi connectivity index (χ1n) is 10.5. The van der Waals surface area contributed by atoms with Crippen LogP contribution in [0.1, 0.15) is 47.4 Å². The van der Waals surface area contributed by atoms with Gasteiger partial charge in [0.05, 0.1) is 24.8 Å². The number of aromatic nitrogens is 6. The fourth-order valence-electron chi connectivity index (χ4n) is 4.05. The Balaban J connectivity index is 1.40. The van der Waals surface area contributed by atoms with Gasteiger partial charge >= 0.3 is 0 Å². The second kappa shape index (κ2) is 8.37. The summed E-state index contributed by atoms with van der Waals surface area (Å²) < 4.78 is 22.7. The van der Waals surface area contributed by atoms with Crippen LogP contribution in [0.2, 0.25) is 0 Å². The molecular formula is C24H23FN6O. The van der Waals surface area contributed by atoms with E-state index in [0.717, 1.165) is 47.8 Å². The number of hydrogen-bond acceptors (Lipinski definition) is 5. The average Bonchev–Trinajstić information content (AvgIpc) is 3.43. The molecule has 0 bridgehead atoms. The fourth-order valence-corrected chi connectivity index (χ4v) is 4.05. The minimum atomic E-state index is -0.230. The van der Waals surface area contributed by atoms with Crippen LogP contribution in [0.5, 0.6) is 5.88 Å². The van der Waals surface area contributed by atoms with Crippen molar-refractivity contribution in [3.63, 3.8) is 0 Å². The standard InChI is InChI=1S/C24H23FN6O/c1-16-14-30(15-26-16)21-11-9-19(27-24(21)32-2)10-12-22-28-23-20(4-3-13-31(23)29-22)17-5-7-18(25)8-6-17/h5-12,14-15,20H,3-4,13H2,1-2H3/b12-10+/t20-/m1/s1. The van der Waals surface area contributed by atoms with Gasteiger partial charge in [-0.2, -0.15) is 5.10 Å². The van der Waals surface area contributed by atoms with Gasteiger partial charge in [-0.1, -0.05) is 12.1 Å². The van der Waals surface area contributed by atoms with Gasteiger partial charge in [-0.3, -0.25) is 0 Å². The number of methoxy groups -OCH3 is 1. The molecule has 5 rings (SSSR count). The van der Waals surface area contributed by atoms with E-state index < -0.39 is 0 Å². The first kappa shape index (κ1) is 20.1. The highest BCUT2D eigenvalue weighted by Gasteiger charge is 2.25. The van der Waals surface area contributed by atoms with Crippen LogP contribution in [-0.2, 0) is 6.54 Å². The molecule has 0 N–H and O–H groups in total. The summed E-state index contributed by atoms with van der Waals surface area (Å²) in [7, 11) is 1.60. The van der Waals surface area contributed by atoms with Crippen molar-refractivity contribution in [1.29, 1.82) is 0 Å². The maximum absolute atomic E-state index is 13.3. The number of aryl methyl sites for hydroxylation is 2. The fraction of sp³-hybridized carbons (Fsp3) is 0.250. The van der Waals surface area contributed by atoms with E-state index in [1.807, 2.05) is 58.8 Å². The van der Waals surface area contributed by atoms with E-state index >= 15 is 0 Å². The van der Waals surface area contributed by atoms with Crippen molar-refractivity contribution < 1.29 is 9.13 Å². The molecule has 1 aromatic carbocycles. The Labute approximate surface area is 185 Å². The molecule has 162 valence electrons. The van der Waals surface area contributed by atoms with Crippen molar-refractivity contribution in [2.75, 3.05) is 7.11 Å². The van der Waals surface area contributed by atoms with E-state index in [0.29, 0.717) is 11.7 Å². The number of hydrogen-bond donors (Lipinski definition) is 0. The van der Waals surface area contributed by atoms with Crippen molar-refractivity contribution in [1.82, 2.24) is 29.3 Å². The van der Waals surface area contributed by atoms with Crippen molar-refractivity contribution in [2.45, 2.75) is 32.2 Å². The van der Waals surface area contributed by atoms with E-state index in [9.17, 15) is 4.39 Å². The number of imidazole rings is 1. The maximum atomic E-state index is 13.3. The molecule has 0 aliphatic carbocycles. The van der Waals surface area contributed by atoms with E-state index in [2.05, 4.69) is 15.1 Å². The van der Waals surface area contributed by atoms with Gasteiger partial charge in [0.25, 0.3) is 0 Å². The lowest BCUT2D eigenvalue weighted by molar-refractivity contribution is 0.395. The Morgan fingerprint density at radius 1 is 1.09 bits per heavy atom. The Hall–Kier alpha value is -3.81. The Bertz CT molecular complexity index is 1270. The number of ether oxygens (including phenoxy) is 1. The smallest absolute Gasteiger partial charge is 0.238 e. The summed E-state index contributed by atoms with van der Waals surface area (Å²) in [5.74, 6) is 1.95. The van der Waals surface area contributed by atoms with Gasteiger partial charge in [0, 0.05) is 18.7 Å². The van der Waals surface area contributed by atoms with E-state index in [4.69, 9.17) is 9.72 Å². The summed E-state index contributed by atoms with van der Waals surface area (Å²) in [6, 6.07) is 10.5. The minimum absolute atomic E-state index is 0.120. The molecule has 3 aromatic heterocycles. The summed E-state index contributed by atoms with van der Waals surface area (Å²) >= 11 is 0. The van der Waals surface area contributed by atoms with E-state index in [1.165, 1.54) is 12.1 Å². The molecular weight excluding hydrogens is 407 g/mol. The monoisotopic (exact) mass is 430 g/mol. The first-order valence-corrected chi connectivity index (χ1v) is 10.5. The number of fused-ring (bicyclic) bond motifs is 1. The molecule has 4 heterocycles. The van der Waals surface area contributed by atoms with Gasteiger partial charge in [0.15, 0.2) is 5.82 Å². The first-order chi connectivity index (χ1) is 15.6. The molecule has 0 fully saturated rings. The van der Waals surface area contributed by atoms with Crippen LogP contribution in [-0.4, -0.2) is 36.4 Å². The molecule has 1 atom stereocenters. The SMILES string of the molecule is COc1nc(/C=C/c2nc3n(n2)CCC[C@@H]3c2ccc(F)cc2)ccc1-n1cnc(C)c1. The Morgan fingerprint density at radius 2 is 1.94 bits per heavy atom. The van der Waals surface area contributed by atoms with Crippen LogP contribution < -0.4 is 4.74 Å². The molecule has 0 saturated heterocycles. The minimum Gasteiger partial charge on any atom is -0.479 e. The predicted octanol–water partition coefficient (Wildman–Crippen LogP) is 4.41. The molecule has 8 heteroatoms. The summed E-state index contributed by atoms with van der Waals surface area (Å²) in [5, 5.41) is 4.64. The van der Waals surface area contributed by atoms with E-state index in [-0.39, 0.29) is 11.7 Å². The molecule has 1 aliphatic heterocycles. The highest BCUT2D eigenvalue weighted by atomic mass is 19.1. The highest BCUT2D eigenvalue weighted by molar-refractivity contribution is 5.65. The van der Waals surface area contributed by atoms with Crippen LogP contribution in [0, 0.1) is 12.7 Å². The Kier molecular flexibility index (Phi) is 5.26. The zero-order valence-corrected chi connectivity index (χ0v) is 17.9. The molecule has 32 heavy (non-hydrogen) atoms. The molecule has 4 aromatic rings. The number of nitrogens with zero attached hydrogens (tertiary/aromatic N) is 6. The molecule has 7 nitrogen and oxygen atoms in total. The quantitative estimate of drug-likeness (QED) is 0.469. The van der Waals surface area contributed by atoms with Crippen LogP contribution in [0.4, 0.5) is 4.39 Å². The van der Waals surface area contributed by atoms with Crippen molar-refractivity contribution in [2.24, 2.45) is 0 Å². The lowest BCUT2D eigenvalue weighted by Gasteiger charge is -2.22. The number of pyridine rings is 1. The van der Waals surface area contributed by atoms with Gasteiger partial charge in [-0.25, -0.2) is 24.0 Å².